The highest BCUT2D eigenvalue weighted by Gasteiger charge is 2.16. The predicted molar refractivity (Wildman–Crippen MR) is 78.3 cm³/mol. The van der Waals surface area contributed by atoms with Gasteiger partial charge in [-0.1, -0.05) is 11.6 Å². The summed E-state index contributed by atoms with van der Waals surface area (Å²) in [6.07, 6.45) is 1.61. The van der Waals surface area contributed by atoms with Crippen LogP contribution in [0.25, 0.3) is 0 Å². The molecule has 2 aromatic rings. The molecular formula is C13H15ClN4O2. The molecule has 1 aromatic heterocycles. The number of ether oxygens (including phenoxy) is 1. The standard InChI is InChI=1S/C13H15ClN4O2/c1-3-18-7-10(15)12(17-18)13(19)16-11-6-8(20-2)4-5-9(11)14/h4-7H,3,15H2,1-2H3,(H,16,19). The first-order valence-electron chi connectivity index (χ1n) is 6.03. The third kappa shape index (κ3) is 2.85. The van der Waals surface area contributed by atoms with E-state index in [0.29, 0.717) is 28.7 Å². The van der Waals surface area contributed by atoms with Gasteiger partial charge in [0.2, 0.25) is 0 Å². The van der Waals surface area contributed by atoms with Crippen LogP contribution in [0.4, 0.5) is 11.4 Å². The lowest BCUT2D eigenvalue weighted by molar-refractivity contribution is 0.102. The number of nitrogen functional groups attached to an aromatic ring is 1. The Labute approximate surface area is 121 Å². The average Bonchev–Trinajstić information content (AvgIpc) is 2.82. The summed E-state index contributed by atoms with van der Waals surface area (Å²) in [5.41, 5.74) is 6.70. The molecular weight excluding hydrogens is 280 g/mol. The third-order valence-corrected chi connectivity index (χ3v) is 3.08. The molecule has 0 fully saturated rings. The zero-order chi connectivity index (χ0) is 14.7. The molecule has 0 unspecified atom stereocenters. The Morgan fingerprint density at radius 3 is 2.90 bits per heavy atom. The van der Waals surface area contributed by atoms with E-state index in [1.165, 1.54) is 7.11 Å². The Morgan fingerprint density at radius 2 is 2.30 bits per heavy atom. The third-order valence-electron chi connectivity index (χ3n) is 2.75. The number of rotatable bonds is 4. The summed E-state index contributed by atoms with van der Waals surface area (Å²) in [5.74, 6) is 0.182. The van der Waals surface area contributed by atoms with Crippen molar-refractivity contribution < 1.29 is 9.53 Å². The van der Waals surface area contributed by atoms with Gasteiger partial charge in [-0.05, 0) is 19.1 Å². The summed E-state index contributed by atoms with van der Waals surface area (Å²) >= 11 is 6.03. The minimum absolute atomic E-state index is 0.172. The number of methoxy groups -OCH3 is 1. The molecule has 6 nitrogen and oxygen atoms in total. The molecule has 0 aliphatic rings. The van der Waals surface area contributed by atoms with E-state index < -0.39 is 5.91 Å². The maximum absolute atomic E-state index is 12.1. The molecule has 1 aromatic carbocycles. The summed E-state index contributed by atoms with van der Waals surface area (Å²) in [7, 11) is 1.54. The summed E-state index contributed by atoms with van der Waals surface area (Å²) < 4.78 is 6.68. The number of amides is 1. The number of hydrogen-bond donors (Lipinski definition) is 2. The van der Waals surface area contributed by atoms with Crippen molar-refractivity contribution in [2.45, 2.75) is 13.5 Å². The quantitative estimate of drug-likeness (QED) is 0.907. The Kier molecular flexibility index (Phi) is 4.14. The second-order valence-electron chi connectivity index (χ2n) is 4.09. The maximum atomic E-state index is 12.1. The van der Waals surface area contributed by atoms with E-state index in [9.17, 15) is 4.79 Å². The minimum Gasteiger partial charge on any atom is -0.497 e. The van der Waals surface area contributed by atoms with Crippen molar-refractivity contribution in [2.24, 2.45) is 0 Å². The van der Waals surface area contributed by atoms with Gasteiger partial charge in [-0.2, -0.15) is 5.10 Å². The number of carbonyl (C=O) groups is 1. The van der Waals surface area contributed by atoms with E-state index in [1.807, 2.05) is 6.92 Å². The van der Waals surface area contributed by atoms with Crippen LogP contribution in [0.2, 0.25) is 5.02 Å². The fourth-order valence-corrected chi connectivity index (χ4v) is 1.85. The number of halogens is 1. The number of carbonyl (C=O) groups excluding carboxylic acids is 1. The molecule has 0 aliphatic heterocycles. The topological polar surface area (TPSA) is 82.2 Å². The van der Waals surface area contributed by atoms with Crippen molar-refractivity contribution in [3.05, 3.63) is 35.1 Å². The van der Waals surface area contributed by atoms with Crippen molar-refractivity contribution in [1.29, 1.82) is 0 Å². The van der Waals surface area contributed by atoms with E-state index in [4.69, 9.17) is 22.1 Å². The summed E-state index contributed by atoms with van der Waals surface area (Å²) in [6.45, 7) is 2.55. The van der Waals surface area contributed by atoms with Crippen LogP contribution >= 0.6 is 11.6 Å². The molecule has 3 N–H and O–H groups in total. The average molecular weight is 295 g/mol. The van der Waals surface area contributed by atoms with Gasteiger partial charge < -0.3 is 15.8 Å². The van der Waals surface area contributed by atoms with Crippen LogP contribution in [0.1, 0.15) is 17.4 Å². The Hall–Kier alpha value is -2.21. The first kappa shape index (κ1) is 14.2. The van der Waals surface area contributed by atoms with Gasteiger partial charge in [-0.25, -0.2) is 0 Å². The molecule has 1 heterocycles. The maximum Gasteiger partial charge on any atom is 0.278 e. The van der Waals surface area contributed by atoms with Gasteiger partial charge in [-0.15, -0.1) is 0 Å². The highest BCUT2D eigenvalue weighted by molar-refractivity contribution is 6.34. The number of nitrogens with zero attached hydrogens (tertiary/aromatic N) is 2. The Balaban J connectivity index is 2.25. The van der Waals surface area contributed by atoms with Gasteiger partial charge >= 0.3 is 0 Å². The van der Waals surface area contributed by atoms with E-state index in [1.54, 1.807) is 29.1 Å². The second-order valence-corrected chi connectivity index (χ2v) is 4.50. The molecule has 2 rings (SSSR count). The Morgan fingerprint density at radius 1 is 1.55 bits per heavy atom. The van der Waals surface area contributed by atoms with Crippen LogP contribution in [0.3, 0.4) is 0 Å². The zero-order valence-electron chi connectivity index (χ0n) is 11.2. The molecule has 0 atom stereocenters. The fourth-order valence-electron chi connectivity index (χ4n) is 1.68. The van der Waals surface area contributed by atoms with Crippen LogP contribution in [0.5, 0.6) is 5.75 Å². The van der Waals surface area contributed by atoms with E-state index in [-0.39, 0.29) is 5.69 Å². The van der Waals surface area contributed by atoms with Crippen molar-refractivity contribution in [1.82, 2.24) is 9.78 Å². The first-order valence-corrected chi connectivity index (χ1v) is 6.40. The van der Waals surface area contributed by atoms with Crippen LogP contribution in [-0.2, 0) is 6.54 Å². The van der Waals surface area contributed by atoms with Gasteiger partial charge in [0.25, 0.3) is 5.91 Å². The molecule has 7 heteroatoms. The number of aryl methyl sites for hydroxylation is 1. The monoisotopic (exact) mass is 294 g/mol. The van der Waals surface area contributed by atoms with Gasteiger partial charge in [0.15, 0.2) is 5.69 Å². The molecule has 0 saturated carbocycles. The molecule has 0 bridgehead atoms. The van der Waals surface area contributed by atoms with Crippen LogP contribution < -0.4 is 15.8 Å². The van der Waals surface area contributed by atoms with Crippen molar-refractivity contribution in [2.75, 3.05) is 18.2 Å². The molecule has 1 amide bonds. The summed E-state index contributed by atoms with van der Waals surface area (Å²) in [6, 6.07) is 4.98. The zero-order valence-corrected chi connectivity index (χ0v) is 11.9. The fraction of sp³-hybridized carbons (Fsp3) is 0.231. The lowest BCUT2D eigenvalue weighted by Crippen LogP contribution is -2.15. The second kappa shape index (κ2) is 5.83. The first-order chi connectivity index (χ1) is 9.55. The van der Waals surface area contributed by atoms with E-state index in [0.717, 1.165) is 0 Å². The van der Waals surface area contributed by atoms with Crippen molar-refractivity contribution >= 4 is 28.9 Å². The highest BCUT2D eigenvalue weighted by Crippen LogP contribution is 2.27. The van der Waals surface area contributed by atoms with Crippen LogP contribution in [0, 0.1) is 0 Å². The van der Waals surface area contributed by atoms with Gasteiger partial charge in [0.05, 0.1) is 23.5 Å². The minimum atomic E-state index is -0.412. The Bertz CT molecular complexity index is 639. The number of anilines is 2. The molecule has 0 radical (unpaired) electrons. The molecule has 0 spiro atoms. The number of aromatic nitrogens is 2. The molecule has 0 aliphatic carbocycles. The number of benzene rings is 1. The molecule has 20 heavy (non-hydrogen) atoms. The van der Waals surface area contributed by atoms with Crippen LogP contribution in [-0.4, -0.2) is 22.8 Å². The molecule has 0 saturated heterocycles. The summed E-state index contributed by atoms with van der Waals surface area (Å²) in [4.78, 5) is 12.1. The molecule has 106 valence electrons. The highest BCUT2D eigenvalue weighted by atomic mass is 35.5. The van der Waals surface area contributed by atoms with Crippen LogP contribution in [0.15, 0.2) is 24.4 Å². The van der Waals surface area contributed by atoms with E-state index >= 15 is 0 Å². The number of nitrogens with two attached hydrogens (primary N) is 1. The summed E-state index contributed by atoms with van der Waals surface area (Å²) in [5, 5.41) is 7.18. The van der Waals surface area contributed by atoms with Crippen molar-refractivity contribution in [3.63, 3.8) is 0 Å². The van der Waals surface area contributed by atoms with E-state index in [2.05, 4.69) is 10.4 Å². The lowest BCUT2D eigenvalue weighted by atomic mass is 10.2. The van der Waals surface area contributed by atoms with Gasteiger partial charge in [-0.3, -0.25) is 9.48 Å². The number of hydrogen-bond acceptors (Lipinski definition) is 4. The SMILES string of the molecule is CCn1cc(N)c(C(=O)Nc2cc(OC)ccc2Cl)n1. The van der Waals surface area contributed by atoms with Gasteiger partial charge in [0, 0.05) is 18.8 Å². The predicted octanol–water partition coefficient (Wildman–Crippen LogP) is 2.40. The number of nitrogens with one attached hydrogen (secondary N) is 1. The lowest BCUT2D eigenvalue weighted by Gasteiger charge is -2.08. The smallest absolute Gasteiger partial charge is 0.278 e. The normalized spacial score (nSPS) is 10.3. The largest absolute Gasteiger partial charge is 0.497 e. The van der Waals surface area contributed by atoms with Crippen molar-refractivity contribution in [3.8, 4) is 5.75 Å². The van der Waals surface area contributed by atoms with Gasteiger partial charge in [0.1, 0.15) is 5.75 Å².